The Balaban J connectivity index is 2.04. The van der Waals surface area contributed by atoms with Gasteiger partial charge in [0.1, 0.15) is 5.69 Å². The third-order valence-electron chi connectivity index (χ3n) is 4.16. The van der Waals surface area contributed by atoms with E-state index in [4.69, 9.17) is 11.6 Å². The van der Waals surface area contributed by atoms with Crippen molar-refractivity contribution >= 4 is 61.8 Å². The van der Waals surface area contributed by atoms with Crippen molar-refractivity contribution in [3.05, 3.63) is 63.2 Å². The van der Waals surface area contributed by atoms with Gasteiger partial charge in [-0.05, 0) is 48.9 Å². The Bertz CT molecular complexity index is 1110. The van der Waals surface area contributed by atoms with Gasteiger partial charge < -0.3 is 10.6 Å². The van der Waals surface area contributed by atoms with Crippen molar-refractivity contribution in [3.63, 3.8) is 0 Å². The van der Waals surface area contributed by atoms with Gasteiger partial charge in [0.05, 0.1) is 5.52 Å². The van der Waals surface area contributed by atoms with Gasteiger partial charge in [-0.15, -0.1) is 0 Å². The quantitative estimate of drug-likeness (QED) is 0.520. The van der Waals surface area contributed by atoms with Crippen LogP contribution in [0.1, 0.15) is 16.1 Å². The second-order valence-electron chi connectivity index (χ2n) is 5.95. The molecule has 3 amide bonds. The van der Waals surface area contributed by atoms with Gasteiger partial charge in [0.2, 0.25) is 0 Å². The van der Waals surface area contributed by atoms with Crippen molar-refractivity contribution in [1.82, 2.24) is 9.99 Å². The van der Waals surface area contributed by atoms with Gasteiger partial charge in [0, 0.05) is 27.6 Å². The molecule has 0 bridgehead atoms. The number of rotatable bonds is 3. The molecule has 0 atom stereocenters. The maximum atomic E-state index is 12.9. The third kappa shape index (κ3) is 3.88. The molecule has 0 spiro atoms. The Morgan fingerprint density at radius 1 is 1.07 bits per heavy atom. The van der Waals surface area contributed by atoms with Crippen LogP contribution in [-0.2, 0) is 9.59 Å². The molecule has 0 fully saturated rings. The second kappa shape index (κ2) is 8.04. The normalized spacial score (nSPS) is 10.6. The van der Waals surface area contributed by atoms with Gasteiger partial charge in [-0.1, -0.05) is 33.6 Å². The fourth-order valence-electron chi connectivity index (χ4n) is 2.67. The summed E-state index contributed by atoms with van der Waals surface area (Å²) in [7, 11) is 1.35. The summed E-state index contributed by atoms with van der Waals surface area (Å²) in [5.74, 6) is -2.18. The van der Waals surface area contributed by atoms with Gasteiger partial charge in [-0.3, -0.25) is 19.8 Å². The predicted octanol–water partition coefficient (Wildman–Crippen LogP) is 3.43. The number of fused-ring (bicyclic) bond motifs is 1. The molecule has 0 aliphatic heterocycles. The van der Waals surface area contributed by atoms with Crippen LogP contribution in [0.25, 0.3) is 10.9 Å². The summed E-state index contributed by atoms with van der Waals surface area (Å²) in [6.45, 7) is 1.79. The number of hydrogen-bond donors (Lipinski definition) is 3. The molecule has 144 valence electrons. The van der Waals surface area contributed by atoms with E-state index in [1.807, 2.05) is 0 Å². The van der Waals surface area contributed by atoms with E-state index in [0.717, 1.165) is 10.0 Å². The van der Waals surface area contributed by atoms with E-state index in [9.17, 15) is 14.4 Å². The molecule has 2 aromatic carbocycles. The fourth-order valence-corrected chi connectivity index (χ4v) is 3.22. The van der Waals surface area contributed by atoms with Crippen LogP contribution in [0.2, 0.25) is 5.02 Å². The summed E-state index contributed by atoms with van der Waals surface area (Å²) in [5.41, 5.74) is 4.45. The largest absolute Gasteiger partial charge is 0.351 e. The number of carbonyl (C=O) groups excluding carboxylic acids is 3. The van der Waals surface area contributed by atoms with Crippen molar-refractivity contribution in [2.45, 2.75) is 6.92 Å². The first-order chi connectivity index (χ1) is 13.3. The lowest BCUT2D eigenvalue weighted by Crippen LogP contribution is -2.38. The third-order valence-corrected chi connectivity index (χ3v) is 5.06. The number of amides is 3. The van der Waals surface area contributed by atoms with E-state index in [2.05, 4.69) is 32.0 Å². The number of hydrogen-bond acceptors (Lipinski definition) is 3. The van der Waals surface area contributed by atoms with Gasteiger partial charge in [-0.25, -0.2) is 4.68 Å². The van der Waals surface area contributed by atoms with E-state index < -0.39 is 17.7 Å². The number of carbonyl (C=O) groups is 3. The highest BCUT2D eigenvalue weighted by Crippen LogP contribution is 2.26. The van der Waals surface area contributed by atoms with Gasteiger partial charge >= 0.3 is 11.8 Å². The number of nitrogens with one attached hydrogen (secondary N) is 3. The van der Waals surface area contributed by atoms with Crippen LogP contribution >= 0.6 is 27.5 Å². The van der Waals surface area contributed by atoms with Gasteiger partial charge in [-0.2, -0.15) is 0 Å². The van der Waals surface area contributed by atoms with Crippen LogP contribution in [-0.4, -0.2) is 29.4 Å². The minimum atomic E-state index is -0.893. The van der Waals surface area contributed by atoms with Crippen LogP contribution in [0.5, 0.6) is 0 Å². The fraction of sp³-hybridized carbons (Fsp3) is 0.105. The molecule has 0 radical (unpaired) electrons. The molecule has 3 aromatic rings. The molecular formula is C19H16BrClN4O3. The number of anilines is 1. The van der Waals surface area contributed by atoms with E-state index in [-0.39, 0.29) is 5.69 Å². The average Bonchev–Trinajstić information content (AvgIpc) is 3.02. The molecule has 0 aliphatic carbocycles. The highest BCUT2D eigenvalue weighted by Gasteiger charge is 2.21. The minimum absolute atomic E-state index is 0.157. The van der Waals surface area contributed by atoms with E-state index in [1.54, 1.807) is 49.4 Å². The van der Waals surface area contributed by atoms with Crippen LogP contribution in [0.4, 0.5) is 5.69 Å². The summed E-state index contributed by atoms with van der Waals surface area (Å²) in [6, 6.07) is 12.1. The van der Waals surface area contributed by atoms with Crippen LogP contribution in [0, 0.1) is 6.92 Å². The molecule has 9 heteroatoms. The number of benzene rings is 2. The first kappa shape index (κ1) is 19.9. The number of likely N-dealkylation sites (N-methyl/N-ethyl adjacent to an activating group) is 1. The Labute approximate surface area is 174 Å². The second-order valence-corrected chi connectivity index (χ2v) is 7.28. The first-order valence-electron chi connectivity index (χ1n) is 8.22. The lowest BCUT2D eigenvalue weighted by molar-refractivity contribution is -0.136. The number of halogens is 2. The van der Waals surface area contributed by atoms with E-state index in [1.165, 1.54) is 11.7 Å². The van der Waals surface area contributed by atoms with Crippen molar-refractivity contribution in [3.8, 4) is 0 Å². The maximum absolute atomic E-state index is 12.9. The molecular weight excluding hydrogens is 448 g/mol. The topological polar surface area (TPSA) is 92.2 Å². The summed E-state index contributed by atoms with van der Waals surface area (Å²) in [4.78, 5) is 36.6. The van der Waals surface area contributed by atoms with Crippen LogP contribution < -0.4 is 16.1 Å². The van der Waals surface area contributed by atoms with Crippen molar-refractivity contribution in [1.29, 1.82) is 0 Å². The summed E-state index contributed by atoms with van der Waals surface area (Å²) in [5, 5.41) is 6.27. The molecule has 0 unspecified atom stereocenters. The Kier molecular flexibility index (Phi) is 5.71. The molecule has 0 saturated carbocycles. The number of aromatic nitrogens is 1. The predicted molar refractivity (Wildman–Crippen MR) is 112 cm³/mol. The first-order valence-corrected chi connectivity index (χ1v) is 9.39. The standard InChI is InChI=1S/C19H16BrClN4O3/c1-10-13(21)4-3-5-14(10)23-17(26)16-9-11-8-12(20)6-7-15(11)25(16)24-19(28)18(27)22-2/h3-9H,1-2H3,(H,22,27)(H,23,26)(H,24,28). The highest BCUT2D eigenvalue weighted by atomic mass is 79.9. The average molecular weight is 464 g/mol. The smallest absolute Gasteiger partial charge is 0.328 e. The molecule has 7 nitrogen and oxygen atoms in total. The van der Waals surface area contributed by atoms with Gasteiger partial charge in [0.25, 0.3) is 5.91 Å². The number of nitrogens with zero attached hydrogens (tertiary/aromatic N) is 1. The SMILES string of the molecule is CNC(=O)C(=O)Nn1c(C(=O)Nc2cccc(Cl)c2C)cc2cc(Br)ccc21. The zero-order chi connectivity index (χ0) is 20.4. The monoisotopic (exact) mass is 462 g/mol. The molecule has 3 rings (SSSR count). The molecule has 28 heavy (non-hydrogen) atoms. The lowest BCUT2D eigenvalue weighted by Gasteiger charge is -2.13. The molecule has 0 saturated heterocycles. The summed E-state index contributed by atoms with van der Waals surface area (Å²) < 4.78 is 2.10. The Morgan fingerprint density at radius 2 is 1.82 bits per heavy atom. The Morgan fingerprint density at radius 3 is 2.54 bits per heavy atom. The van der Waals surface area contributed by atoms with Crippen molar-refractivity contribution in [2.24, 2.45) is 0 Å². The minimum Gasteiger partial charge on any atom is -0.351 e. The molecule has 0 aliphatic rings. The van der Waals surface area contributed by atoms with E-state index >= 15 is 0 Å². The zero-order valence-corrected chi connectivity index (χ0v) is 17.3. The van der Waals surface area contributed by atoms with Gasteiger partial charge in [0.15, 0.2) is 0 Å². The summed E-state index contributed by atoms with van der Waals surface area (Å²) >= 11 is 9.50. The molecule has 1 heterocycles. The molecule has 3 N–H and O–H groups in total. The van der Waals surface area contributed by atoms with Crippen molar-refractivity contribution in [2.75, 3.05) is 17.8 Å². The zero-order valence-electron chi connectivity index (χ0n) is 15.0. The van der Waals surface area contributed by atoms with Crippen LogP contribution in [0.3, 0.4) is 0 Å². The summed E-state index contributed by atoms with van der Waals surface area (Å²) in [6.07, 6.45) is 0. The lowest BCUT2D eigenvalue weighted by atomic mass is 10.2. The van der Waals surface area contributed by atoms with Crippen LogP contribution in [0.15, 0.2) is 46.9 Å². The van der Waals surface area contributed by atoms with E-state index in [0.29, 0.717) is 21.6 Å². The van der Waals surface area contributed by atoms with Crippen molar-refractivity contribution < 1.29 is 14.4 Å². The highest BCUT2D eigenvalue weighted by molar-refractivity contribution is 9.10. The molecule has 1 aromatic heterocycles. The maximum Gasteiger partial charge on any atom is 0.328 e. The Hall–Kier alpha value is -2.84.